The molecular weight excluding hydrogens is 310 g/mol. The van der Waals surface area contributed by atoms with Gasteiger partial charge in [0.05, 0.1) is 5.69 Å². The minimum absolute atomic E-state index is 0.0628. The van der Waals surface area contributed by atoms with E-state index in [0.717, 1.165) is 36.0 Å². The summed E-state index contributed by atoms with van der Waals surface area (Å²) in [6, 6.07) is 5.88. The molecule has 1 amide bonds. The first-order valence-electron chi connectivity index (χ1n) is 7.61. The normalized spacial score (nSPS) is 17.8. The maximum Gasteiger partial charge on any atom is 0.270 e. The molecule has 1 atom stereocenters. The molecule has 1 aliphatic rings. The van der Waals surface area contributed by atoms with E-state index in [-0.39, 0.29) is 11.9 Å². The fraction of sp³-hybridized carbons (Fsp3) is 0.312. The fourth-order valence-electron chi connectivity index (χ4n) is 3.06. The molecule has 4 heterocycles. The number of fused-ring (bicyclic) bond motifs is 1. The van der Waals surface area contributed by atoms with E-state index in [1.165, 1.54) is 0 Å². The van der Waals surface area contributed by atoms with Gasteiger partial charge in [0, 0.05) is 36.9 Å². The van der Waals surface area contributed by atoms with Crippen molar-refractivity contribution in [1.29, 1.82) is 0 Å². The Labute approximate surface area is 137 Å². The quantitative estimate of drug-likeness (QED) is 0.800. The molecule has 3 aromatic heterocycles. The van der Waals surface area contributed by atoms with Crippen LogP contribution in [0.25, 0.3) is 5.65 Å². The molecule has 0 saturated carbocycles. The number of hydrogen-bond acceptors (Lipinski definition) is 5. The largest absolute Gasteiger partial charge is 0.346 e. The molecule has 1 aliphatic heterocycles. The van der Waals surface area contributed by atoms with Gasteiger partial charge < -0.3 is 10.2 Å². The number of carbonyl (C=O) groups is 1. The number of thiazole rings is 1. The lowest BCUT2D eigenvalue weighted by molar-refractivity contribution is 0.0934. The van der Waals surface area contributed by atoms with Crippen LogP contribution in [0.15, 0.2) is 36.0 Å². The molecule has 23 heavy (non-hydrogen) atoms. The summed E-state index contributed by atoms with van der Waals surface area (Å²) in [5, 5.41) is 6.14. The number of aromatic nitrogens is 3. The molecule has 4 rings (SSSR count). The Morgan fingerprint density at radius 2 is 2.35 bits per heavy atom. The molecular formula is C16H17N5OS. The maximum atomic E-state index is 12.7. The van der Waals surface area contributed by atoms with E-state index in [1.54, 1.807) is 11.3 Å². The van der Waals surface area contributed by atoms with Gasteiger partial charge in [-0.25, -0.2) is 9.97 Å². The summed E-state index contributed by atoms with van der Waals surface area (Å²) < 4.78 is 1.85. The third-order valence-electron chi connectivity index (χ3n) is 4.13. The van der Waals surface area contributed by atoms with Crippen LogP contribution in [0.5, 0.6) is 0 Å². The highest BCUT2D eigenvalue weighted by molar-refractivity contribution is 7.13. The smallest absolute Gasteiger partial charge is 0.270 e. The summed E-state index contributed by atoms with van der Waals surface area (Å²) in [6.45, 7) is 3.60. The zero-order valence-electron chi connectivity index (χ0n) is 12.8. The Bertz CT molecular complexity index is 841. The number of carbonyl (C=O) groups excluding carboxylic acids is 1. The van der Waals surface area contributed by atoms with Gasteiger partial charge in [-0.05, 0) is 25.5 Å². The topological polar surface area (TPSA) is 62.5 Å². The number of pyridine rings is 1. The minimum atomic E-state index is -0.0628. The summed E-state index contributed by atoms with van der Waals surface area (Å²) in [6.07, 6.45) is 4.62. The van der Waals surface area contributed by atoms with Gasteiger partial charge in [0.15, 0.2) is 5.13 Å². The molecule has 118 valence electrons. The number of nitrogens with one attached hydrogen (secondary N) is 1. The Morgan fingerprint density at radius 1 is 1.43 bits per heavy atom. The molecule has 1 N–H and O–H groups in total. The SMILES string of the molecule is Cc1nc2ccccn2c1C(=O)NC1CCN(c2nccs2)C1. The molecule has 3 aromatic rings. The molecule has 0 bridgehead atoms. The monoisotopic (exact) mass is 327 g/mol. The van der Waals surface area contributed by atoms with Crippen LogP contribution >= 0.6 is 11.3 Å². The molecule has 0 radical (unpaired) electrons. The van der Waals surface area contributed by atoms with Gasteiger partial charge in [-0.3, -0.25) is 9.20 Å². The maximum absolute atomic E-state index is 12.7. The van der Waals surface area contributed by atoms with E-state index in [9.17, 15) is 4.79 Å². The highest BCUT2D eigenvalue weighted by Gasteiger charge is 2.27. The molecule has 6 nitrogen and oxygen atoms in total. The molecule has 7 heteroatoms. The zero-order valence-corrected chi connectivity index (χ0v) is 13.6. The first kappa shape index (κ1) is 14.2. The second-order valence-electron chi connectivity index (χ2n) is 5.69. The van der Waals surface area contributed by atoms with E-state index in [1.807, 2.05) is 47.3 Å². The van der Waals surface area contributed by atoms with Crippen molar-refractivity contribution in [2.24, 2.45) is 0 Å². The van der Waals surface area contributed by atoms with E-state index >= 15 is 0 Å². The van der Waals surface area contributed by atoms with Gasteiger partial charge in [-0.15, -0.1) is 11.3 Å². The van der Waals surface area contributed by atoms with Crippen molar-refractivity contribution in [3.05, 3.63) is 47.4 Å². The molecule has 1 saturated heterocycles. The van der Waals surface area contributed by atoms with Crippen molar-refractivity contribution < 1.29 is 4.79 Å². The van der Waals surface area contributed by atoms with Gasteiger partial charge in [-0.1, -0.05) is 6.07 Å². The van der Waals surface area contributed by atoms with E-state index < -0.39 is 0 Å². The van der Waals surface area contributed by atoms with E-state index in [2.05, 4.69) is 20.2 Å². The third-order valence-corrected chi connectivity index (χ3v) is 4.96. The average molecular weight is 327 g/mol. The lowest BCUT2D eigenvalue weighted by atomic mass is 10.2. The summed E-state index contributed by atoms with van der Waals surface area (Å²) in [5.41, 5.74) is 2.17. The van der Waals surface area contributed by atoms with Gasteiger partial charge in [0.25, 0.3) is 5.91 Å². The predicted octanol–water partition coefficient (Wildman–Crippen LogP) is 2.11. The van der Waals surface area contributed by atoms with E-state index in [0.29, 0.717) is 5.69 Å². The first-order chi connectivity index (χ1) is 11.2. The van der Waals surface area contributed by atoms with Crippen molar-refractivity contribution in [1.82, 2.24) is 19.7 Å². The van der Waals surface area contributed by atoms with Crippen molar-refractivity contribution in [3.63, 3.8) is 0 Å². The fourth-order valence-corrected chi connectivity index (χ4v) is 3.74. The molecule has 1 unspecified atom stereocenters. The Hall–Kier alpha value is -2.41. The van der Waals surface area contributed by atoms with Gasteiger partial charge in [0.1, 0.15) is 11.3 Å². The first-order valence-corrected chi connectivity index (χ1v) is 8.49. The number of aryl methyl sites for hydroxylation is 1. The van der Waals surface area contributed by atoms with Crippen molar-refractivity contribution in [2.75, 3.05) is 18.0 Å². The number of rotatable bonds is 3. The minimum Gasteiger partial charge on any atom is -0.346 e. The zero-order chi connectivity index (χ0) is 15.8. The number of hydrogen-bond donors (Lipinski definition) is 1. The predicted molar refractivity (Wildman–Crippen MR) is 90.1 cm³/mol. The lowest BCUT2D eigenvalue weighted by Gasteiger charge is -2.15. The third kappa shape index (κ3) is 2.57. The molecule has 1 fully saturated rings. The average Bonchev–Trinajstić information content (AvgIpc) is 3.25. The van der Waals surface area contributed by atoms with Gasteiger partial charge in [0.2, 0.25) is 0 Å². The Kier molecular flexibility index (Phi) is 3.49. The summed E-state index contributed by atoms with van der Waals surface area (Å²) in [5.74, 6) is -0.0628. The number of anilines is 1. The van der Waals surface area contributed by atoms with Gasteiger partial charge in [-0.2, -0.15) is 0 Å². The van der Waals surface area contributed by atoms with Crippen LogP contribution in [-0.2, 0) is 0 Å². The van der Waals surface area contributed by atoms with Crippen molar-refractivity contribution in [3.8, 4) is 0 Å². The molecule has 0 spiro atoms. The summed E-state index contributed by atoms with van der Waals surface area (Å²) >= 11 is 1.63. The van der Waals surface area contributed by atoms with Gasteiger partial charge >= 0.3 is 0 Å². The highest BCUT2D eigenvalue weighted by atomic mass is 32.1. The Morgan fingerprint density at radius 3 is 3.17 bits per heavy atom. The van der Waals surface area contributed by atoms with Crippen LogP contribution in [-0.4, -0.2) is 39.4 Å². The number of imidazole rings is 1. The van der Waals surface area contributed by atoms with Crippen LogP contribution in [0.4, 0.5) is 5.13 Å². The molecule has 0 aliphatic carbocycles. The summed E-state index contributed by atoms with van der Waals surface area (Å²) in [7, 11) is 0. The van der Waals surface area contributed by atoms with Crippen molar-refractivity contribution in [2.45, 2.75) is 19.4 Å². The van der Waals surface area contributed by atoms with Crippen LogP contribution < -0.4 is 10.2 Å². The van der Waals surface area contributed by atoms with Crippen molar-refractivity contribution >= 4 is 28.0 Å². The van der Waals surface area contributed by atoms with E-state index in [4.69, 9.17) is 0 Å². The van der Waals surface area contributed by atoms with Crippen LogP contribution in [0.1, 0.15) is 22.6 Å². The van der Waals surface area contributed by atoms with Crippen LogP contribution in [0.2, 0.25) is 0 Å². The highest BCUT2D eigenvalue weighted by Crippen LogP contribution is 2.22. The summed E-state index contributed by atoms with van der Waals surface area (Å²) in [4.78, 5) is 23.7. The van der Waals surface area contributed by atoms with Crippen LogP contribution in [0.3, 0.4) is 0 Å². The second-order valence-corrected chi connectivity index (χ2v) is 6.57. The van der Waals surface area contributed by atoms with Crippen LogP contribution in [0, 0.1) is 6.92 Å². The second kappa shape index (κ2) is 5.66. The lowest BCUT2D eigenvalue weighted by Crippen LogP contribution is -2.37. The number of nitrogens with zero attached hydrogens (tertiary/aromatic N) is 4. The molecule has 0 aromatic carbocycles. The standard InChI is InChI=1S/C16H17N5OS/c1-11-14(21-7-3-2-4-13(21)18-11)15(22)19-12-5-8-20(10-12)16-17-6-9-23-16/h2-4,6-7,9,12H,5,8,10H2,1H3,(H,19,22). The number of amides is 1. The Balaban J connectivity index is 1.51.